The van der Waals surface area contributed by atoms with Crippen LogP contribution in [0, 0.1) is 17.8 Å². The van der Waals surface area contributed by atoms with Gasteiger partial charge in [0.2, 0.25) is 11.8 Å². The van der Waals surface area contributed by atoms with Gasteiger partial charge in [-0.15, -0.1) is 5.92 Å². The molecular formula is C8H6ClFN2O. The maximum atomic E-state index is 12.7. The first-order valence-electron chi connectivity index (χ1n) is 3.44. The highest BCUT2D eigenvalue weighted by molar-refractivity contribution is 6.31. The van der Waals surface area contributed by atoms with Crippen molar-refractivity contribution >= 4 is 11.6 Å². The predicted molar refractivity (Wildman–Crippen MR) is 45.9 cm³/mol. The van der Waals surface area contributed by atoms with Crippen molar-refractivity contribution < 1.29 is 9.13 Å². The summed E-state index contributed by atoms with van der Waals surface area (Å²) in [4.78, 5) is 6.88. The zero-order chi connectivity index (χ0) is 9.68. The fourth-order valence-electron chi connectivity index (χ4n) is 0.611. The second kappa shape index (κ2) is 4.63. The van der Waals surface area contributed by atoms with E-state index in [-0.39, 0.29) is 17.5 Å². The van der Waals surface area contributed by atoms with Gasteiger partial charge in [0.05, 0.1) is 0 Å². The van der Waals surface area contributed by atoms with Crippen LogP contribution in [0.5, 0.6) is 5.88 Å². The van der Waals surface area contributed by atoms with Gasteiger partial charge in [-0.2, -0.15) is 4.39 Å². The third-order valence-electron chi connectivity index (χ3n) is 1.17. The molecule has 0 saturated heterocycles. The average molecular weight is 201 g/mol. The molecule has 3 nitrogen and oxygen atoms in total. The molecule has 68 valence electrons. The molecule has 0 aliphatic carbocycles. The van der Waals surface area contributed by atoms with Crippen LogP contribution in [0.3, 0.4) is 0 Å². The van der Waals surface area contributed by atoms with E-state index >= 15 is 0 Å². The first-order valence-corrected chi connectivity index (χ1v) is 3.82. The maximum absolute atomic E-state index is 12.7. The number of ether oxygens (including phenoxy) is 1. The third-order valence-corrected chi connectivity index (χ3v) is 1.49. The lowest BCUT2D eigenvalue weighted by atomic mass is 10.6. The summed E-state index contributed by atoms with van der Waals surface area (Å²) < 4.78 is 17.7. The molecule has 1 heterocycles. The normalized spacial score (nSPS) is 8.85. The summed E-state index contributed by atoms with van der Waals surface area (Å²) in [5.41, 5.74) is 0. The lowest BCUT2D eigenvalue weighted by Crippen LogP contribution is -1.99. The van der Waals surface area contributed by atoms with Crippen LogP contribution in [0.4, 0.5) is 4.39 Å². The standard InChI is InChI=1S/C8H6ClFN2O/c1-2-3-4-13-8-6(9)7(10)11-5-12-8/h5H,4H2,1H3. The minimum atomic E-state index is -0.795. The first-order chi connectivity index (χ1) is 6.25. The lowest BCUT2D eigenvalue weighted by Gasteiger charge is -2.01. The summed E-state index contributed by atoms with van der Waals surface area (Å²) in [5, 5.41) is -0.222. The second-order valence-electron chi connectivity index (χ2n) is 2.00. The van der Waals surface area contributed by atoms with Gasteiger partial charge >= 0.3 is 0 Å². The van der Waals surface area contributed by atoms with Gasteiger partial charge in [-0.25, -0.2) is 9.97 Å². The molecule has 13 heavy (non-hydrogen) atoms. The Morgan fingerprint density at radius 1 is 1.62 bits per heavy atom. The molecule has 0 aliphatic rings. The Bertz CT molecular complexity index is 359. The van der Waals surface area contributed by atoms with E-state index in [4.69, 9.17) is 16.3 Å². The number of aromatic nitrogens is 2. The summed E-state index contributed by atoms with van der Waals surface area (Å²) in [6, 6.07) is 0. The molecule has 5 heteroatoms. The molecule has 0 bridgehead atoms. The molecule has 0 spiro atoms. The van der Waals surface area contributed by atoms with E-state index in [1.165, 1.54) is 0 Å². The van der Waals surface area contributed by atoms with E-state index in [2.05, 4.69) is 21.8 Å². The van der Waals surface area contributed by atoms with Crippen LogP contribution in [0.25, 0.3) is 0 Å². The van der Waals surface area contributed by atoms with E-state index in [9.17, 15) is 4.39 Å². The predicted octanol–water partition coefficient (Wildman–Crippen LogP) is 1.67. The van der Waals surface area contributed by atoms with Crippen molar-refractivity contribution in [1.29, 1.82) is 0 Å². The number of rotatable bonds is 2. The highest BCUT2D eigenvalue weighted by Crippen LogP contribution is 2.21. The van der Waals surface area contributed by atoms with Gasteiger partial charge < -0.3 is 4.74 Å². The van der Waals surface area contributed by atoms with Gasteiger partial charge in [-0.3, -0.25) is 0 Å². The van der Waals surface area contributed by atoms with Crippen LogP contribution in [0.2, 0.25) is 5.02 Å². The van der Waals surface area contributed by atoms with Gasteiger partial charge in [-0.05, 0) is 6.92 Å². The molecule has 0 radical (unpaired) electrons. The van der Waals surface area contributed by atoms with Crippen molar-refractivity contribution in [2.75, 3.05) is 6.61 Å². The number of halogens is 2. The zero-order valence-corrected chi connectivity index (χ0v) is 7.60. The molecule has 0 amide bonds. The molecule has 0 fully saturated rings. The molecule has 0 N–H and O–H groups in total. The van der Waals surface area contributed by atoms with Gasteiger partial charge in [0.1, 0.15) is 6.33 Å². The molecule has 1 aromatic heterocycles. The zero-order valence-electron chi connectivity index (χ0n) is 6.84. The fraction of sp³-hybridized carbons (Fsp3) is 0.250. The first kappa shape index (κ1) is 9.75. The Balaban J connectivity index is 2.75. The van der Waals surface area contributed by atoms with Gasteiger partial charge in [0.25, 0.3) is 0 Å². The van der Waals surface area contributed by atoms with Crippen LogP contribution in [0.15, 0.2) is 6.33 Å². The van der Waals surface area contributed by atoms with Crippen molar-refractivity contribution in [3.05, 3.63) is 17.3 Å². The summed E-state index contributed by atoms with van der Waals surface area (Å²) in [7, 11) is 0. The minimum Gasteiger partial charge on any atom is -0.463 e. The topological polar surface area (TPSA) is 35.0 Å². The highest BCUT2D eigenvalue weighted by atomic mass is 35.5. The SMILES string of the molecule is CC#CCOc1ncnc(F)c1Cl. The Labute approximate surface area is 79.9 Å². The van der Waals surface area contributed by atoms with E-state index < -0.39 is 5.95 Å². The van der Waals surface area contributed by atoms with Crippen molar-refractivity contribution in [1.82, 2.24) is 9.97 Å². The molecule has 0 aromatic carbocycles. The van der Waals surface area contributed by atoms with Crippen molar-refractivity contribution in [3.8, 4) is 17.7 Å². The van der Waals surface area contributed by atoms with Crippen LogP contribution in [-0.2, 0) is 0 Å². The summed E-state index contributed by atoms with van der Waals surface area (Å²) in [5.74, 6) is 4.46. The van der Waals surface area contributed by atoms with Gasteiger partial charge in [0.15, 0.2) is 11.6 Å². The molecule has 1 rings (SSSR count). The molecule has 0 saturated carbocycles. The molecule has 0 unspecified atom stereocenters. The van der Waals surface area contributed by atoms with E-state index in [0.717, 1.165) is 6.33 Å². The summed E-state index contributed by atoms with van der Waals surface area (Å²) in [6.45, 7) is 1.80. The average Bonchev–Trinajstić information content (AvgIpc) is 2.13. The van der Waals surface area contributed by atoms with E-state index in [1.807, 2.05) is 0 Å². The Kier molecular flexibility index (Phi) is 3.47. The molecule has 0 aliphatic heterocycles. The van der Waals surface area contributed by atoms with Crippen LogP contribution in [0.1, 0.15) is 6.92 Å². The fourth-order valence-corrected chi connectivity index (χ4v) is 0.763. The number of nitrogens with zero attached hydrogens (tertiary/aromatic N) is 2. The maximum Gasteiger partial charge on any atom is 0.239 e. The molecule has 1 aromatic rings. The Morgan fingerprint density at radius 3 is 3.08 bits per heavy atom. The summed E-state index contributed by atoms with van der Waals surface area (Å²) in [6.07, 6.45) is 1.04. The summed E-state index contributed by atoms with van der Waals surface area (Å²) >= 11 is 5.50. The Morgan fingerprint density at radius 2 is 2.38 bits per heavy atom. The molecule has 0 atom stereocenters. The lowest BCUT2D eigenvalue weighted by molar-refractivity contribution is 0.350. The minimum absolute atomic E-state index is 0.0110. The number of hydrogen-bond donors (Lipinski definition) is 0. The largest absolute Gasteiger partial charge is 0.463 e. The molecular weight excluding hydrogens is 195 g/mol. The smallest absolute Gasteiger partial charge is 0.239 e. The second-order valence-corrected chi connectivity index (χ2v) is 2.38. The number of hydrogen-bond acceptors (Lipinski definition) is 3. The quantitative estimate of drug-likeness (QED) is 0.538. The van der Waals surface area contributed by atoms with E-state index in [1.54, 1.807) is 6.92 Å². The van der Waals surface area contributed by atoms with Crippen molar-refractivity contribution in [2.45, 2.75) is 6.92 Å². The highest BCUT2D eigenvalue weighted by Gasteiger charge is 2.08. The van der Waals surface area contributed by atoms with E-state index in [0.29, 0.717) is 0 Å². The van der Waals surface area contributed by atoms with Crippen molar-refractivity contribution in [2.24, 2.45) is 0 Å². The third kappa shape index (κ3) is 2.56. The Hall–Kier alpha value is -1.34. The van der Waals surface area contributed by atoms with Crippen LogP contribution >= 0.6 is 11.6 Å². The van der Waals surface area contributed by atoms with Gasteiger partial charge in [0, 0.05) is 0 Å². The van der Waals surface area contributed by atoms with Crippen molar-refractivity contribution in [3.63, 3.8) is 0 Å². The van der Waals surface area contributed by atoms with Crippen LogP contribution in [-0.4, -0.2) is 16.6 Å². The van der Waals surface area contributed by atoms with Crippen LogP contribution < -0.4 is 4.74 Å². The monoisotopic (exact) mass is 200 g/mol. The van der Waals surface area contributed by atoms with Gasteiger partial charge in [-0.1, -0.05) is 17.5 Å².